The van der Waals surface area contributed by atoms with Crippen LogP contribution in [0.4, 0.5) is 5.13 Å². The molecule has 2 heterocycles. The van der Waals surface area contributed by atoms with Crippen molar-refractivity contribution in [1.82, 2.24) is 20.0 Å². The molecule has 0 aliphatic heterocycles. The zero-order valence-corrected chi connectivity index (χ0v) is 16.6. The number of hydrogen-bond donors (Lipinski definition) is 1. The van der Waals surface area contributed by atoms with E-state index in [0.29, 0.717) is 22.0 Å². The first-order chi connectivity index (χ1) is 14.0. The number of Topliss-reactive ketones (excluding diaryl/α,β-unsaturated/α-hetero) is 1. The van der Waals surface area contributed by atoms with Gasteiger partial charge in [0.15, 0.2) is 0 Å². The van der Waals surface area contributed by atoms with E-state index in [1.807, 2.05) is 60.7 Å². The minimum absolute atomic E-state index is 0.271. The van der Waals surface area contributed by atoms with Crippen LogP contribution in [-0.2, 0) is 4.79 Å². The summed E-state index contributed by atoms with van der Waals surface area (Å²) >= 11 is 1.21. The van der Waals surface area contributed by atoms with Crippen molar-refractivity contribution in [3.63, 3.8) is 0 Å². The second-order valence-electron chi connectivity index (χ2n) is 6.35. The summed E-state index contributed by atoms with van der Waals surface area (Å²) in [6.45, 7) is 3.48. The molecule has 4 rings (SSSR count). The molecule has 0 aliphatic carbocycles. The summed E-state index contributed by atoms with van der Waals surface area (Å²) in [4.78, 5) is 25.4. The number of anilines is 1. The fourth-order valence-corrected chi connectivity index (χ4v) is 3.77. The van der Waals surface area contributed by atoms with Crippen LogP contribution >= 0.6 is 11.3 Å². The van der Waals surface area contributed by atoms with E-state index in [0.717, 1.165) is 11.3 Å². The van der Waals surface area contributed by atoms with Gasteiger partial charge in [-0.15, -0.1) is 10.2 Å². The minimum Gasteiger partial charge on any atom is -0.293 e. The Morgan fingerprint density at radius 1 is 0.931 bits per heavy atom. The number of ketones is 1. The molecular weight excluding hydrogens is 386 g/mol. The highest BCUT2D eigenvalue weighted by atomic mass is 32.1. The number of benzene rings is 2. The highest BCUT2D eigenvalue weighted by molar-refractivity contribution is 7.18. The Morgan fingerprint density at radius 2 is 1.59 bits per heavy atom. The lowest BCUT2D eigenvalue weighted by Crippen LogP contribution is -2.24. The van der Waals surface area contributed by atoms with Crippen molar-refractivity contribution < 1.29 is 9.59 Å². The first kappa shape index (κ1) is 18.7. The van der Waals surface area contributed by atoms with Crippen LogP contribution in [0.3, 0.4) is 0 Å². The number of hydrogen-bond acceptors (Lipinski definition) is 6. The van der Waals surface area contributed by atoms with E-state index < -0.39 is 11.7 Å². The van der Waals surface area contributed by atoms with Crippen LogP contribution in [0.2, 0.25) is 0 Å². The molecule has 0 bridgehead atoms. The van der Waals surface area contributed by atoms with Crippen molar-refractivity contribution in [2.24, 2.45) is 0 Å². The average molecular weight is 403 g/mol. The fourth-order valence-electron chi connectivity index (χ4n) is 3.03. The minimum atomic E-state index is -0.764. The third kappa shape index (κ3) is 3.70. The Hall–Kier alpha value is -3.65. The maximum atomic E-state index is 12.8. The first-order valence-corrected chi connectivity index (χ1v) is 9.72. The maximum absolute atomic E-state index is 12.8. The summed E-state index contributed by atoms with van der Waals surface area (Å²) in [6, 6.07) is 19.0. The number of carbonyl (C=O) groups excluding carboxylic acids is 2. The Bertz CT molecular complexity index is 1180. The highest BCUT2D eigenvalue weighted by Gasteiger charge is 2.26. The topological polar surface area (TPSA) is 89.8 Å². The second kappa shape index (κ2) is 7.76. The van der Waals surface area contributed by atoms with Crippen LogP contribution in [-0.4, -0.2) is 31.7 Å². The molecule has 1 amide bonds. The van der Waals surface area contributed by atoms with E-state index in [9.17, 15) is 9.59 Å². The highest BCUT2D eigenvalue weighted by Crippen LogP contribution is 2.26. The molecular formula is C21H17N5O2S. The number of carbonyl (C=O) groups is 2. The van der Waals surface area contributed by atoms with Gasteiger partial charge in [0.25, 0.3) is 11.7 Å². The second-order valence-corrected chi connectivity index (χ2v) is 7.33. The molecule has 7 nitrogen and oxygen atoms in total. The Balaban J connectivity index is 1.56. The summed E-state index contributed by atoms with van der Waals surface area (Å²) < 4.78 is 1.66. The molecule has 0 saturated heterocycles. The third-order valence-electron chi connectivity index (χ3n) is 4.39. The average Bonchev–Trinajstić information content (AvgIpc) is 3.33. The summed E-state index contributed by atoms with van der Waals surface area (Å²) in [5.41, 5.74) is 3.11. The number of amides is 1. The number of para-hydroxylation sites is 1. The molecule has 0 saturated carbocycles. The molecule has 0 radical (unpaired) electrons. The predicted octanol–water partition coefficient (Wildman–Crippen LogP) is 3.83. The van der Waals surface area contributed by atoms with Crippen molar-refractivity contribution in [1.29, 1.82) is 0 Å². The van der Waals surface area contributed by atoms with Crippen LogP contribution in [0.5, 0.6) is 0 Å². The molecule has 4 aromatic rings. The van der Waals surface area contributed by atoms with Gasteiger partial charge in [0.1, 0.15) is 5.01 Å². The molecule has 0 fully saturated rings. The Kier molecular flexibility index (Phi) is 5.01. The van der Waals surface area contributed by atoms with E-state index >= 15 is 0 Å². The van der Waals surface area contributed by atoms with Gasteiger partial charge in [-0.2, -0.15) is 5.10 Å². The van der Waals surface area contributed by atoms with Gasteiger partial charge in [-0.05, 0) is 26.0 Å². The zero-order chi connectivity index (χ0) is 20.4. The summed E-state index contributed by atoms with van der Waals surface area (Å²) in [5.74, 6) is -1.42. The van der Waals surface area contributed by atoms with E-state index in [-0.39, 0.29) is 5.13 Å². The molecule has 8 heteroatoms. The summed E-state index contributed by atoms with van der Waals surface area (Å²) in [7, 11) is 0. The van der Waals surface area contributed by atoms with Crippen molar-refractivity contribution in [3.8, 4) is 16.3 Å². The van der Waals surface area contributed by atoms with E-state index in [4.69, 9.17) is 0 Å². The quantitative estimate of drug-likeness (QED) is 0.404. The van der Waals surface area contributed by atoms with Crippen molar-refractivity contribution in [2.75, 3.05) is 5.32 Å². The Morgan fingerprint density at radius 3 is 2.28 bits per heavy atom. The molecule has 0 atom stereocenters. The fraction of sp³-hybridized carbons (Fsp3) is 0.0952. The molecule has 2 aromatic carbocycles. The smallest absolute Gasteiger partial charge is 0.293 e. The number of aryl methyl sites for hydroxylation is 1. The van der Waals surface area contributed by atoms with Crippen LogP contribution < -0.4 is 5.32 Å². The van der Waals surface area contributed by atoms with Crippen molar-refractivity contribution >= 4 is 28.2 Å². The Labute approximate surface area is 171 Å². The lowest BCUT2D eigenvalue weighted by molar-refractivity contribution is -0.112. The van der Waals surface area contributed by atoms with Crippen molar-refractivity contribution in [2.45, 2.75) is 13.8 Å². The van der Waals surface area contributed by atoms with E-state index in [1.165, 1.54) is 11.3 Å². The van der Waals surface area contributed by atoms with Gasteiger partial charge in [0.2, 0.25) is 5.13 Å². The van der Waals surface area contributed by atoms with Crippen LogP contribution in [0.25, 0.3) is 16.3 Å². The standard InChI is InChI=1S/C21H17N5O2S/c1-13-17(14(2)26(25-13)16-11-7-4-8-12-16)18(27)19(28)22-21-24-23-20(29-21)15-9-5-3-6-10-15/h3-12H,1-2H3,(H,22,24,28). The SMILES string of the molecule is Cc1nn(-c2ccccc2)c(C)c1C(=O)C(=O)Nc1nnc(-c2ccccc2)s1. The summed E-state index contributed by atoms with van der Waals surface area (Å²) in [6.07, 6.45) is 0. The first-order valence-electron chi connectivity index (χ1n) is 8.91. The summed E-state index contributed by atoms with van der Waals surface area (Å²) in [5, 5.41) is 16.0. The van der Waals surface area contributed by atoms with Gasteiger partial charge in [-0.3, -0.25) is 14.9 Å². The molecule has 1 N–H and O–H groups in total. The monoisotopic (exact) mass is 403 g/mol. The molecule has 144 valence electrons. The largest absolute Gasteiger partial charge is 0.298 e. The molecule has 0 spiro atoms. The molecule has 29 heavy (non-hydrogen) atoms. The van der Waals surface area contributed by atoms with Gasteiger partial charge < -0.3 is 0 Å². The van der Waals surface area contributed by atoms with Crippen LogP contribution in [0.15, 0.2) is 60.7 Å². The molecule has 0 aliphatic rings. The van der Waals surface area contributed by atoms with E-state index in [2.05, 4.69) is 20.6 Å². The van der Waals surface area contributed by atoms with Gasteiger partial charge in [-0.25, -0.2) is 4.68 Å². The zero-order valence-electron chi connectivity index (χ0n) is 15.8. The van der Waals surface area contributed by atoms with E-state index in [1.54, 1.807) is 18.5 Å². The normalized spacial score (nSPS) is 10.7. The number of nitrogens with one attached hydrogen (secondary N) is 1. The maximum Gasteiger partial charge on any atom is 0.298 e. The van der Waals surface area contributed by atoms with Crippen LogP contribution in [0.1, 0.15) is 21.7 Å². The molecule has 0 unspecified atom stereocenters. The van der Waals surface area contributed by atoms with Crippen molar-refractivity contribution in [3.05, 3.63) is 77.6 Å². The lowest BCUT2D eigenvalue weighted by Gasteiger charge is -2.04. The lowest BCUT2D eigenvalue weighted by atomic mass is 10.1. The van der Waals surface area contributed by atoms with Gasteiger partial charge in [-0.1, -0.05) is 59.9 Å². The predicted molar refractivity (Wildman–Crippen MR) is 111 cm³/mol. The van der Waals surface area contributed by atoms with Gasteiger partial charge >= 0.3 is 0 Å². The van der Waals surface area contributed by atoms with Crippen LogP contribution in [0, 0.1) is 13.8 Å². The van der Waals surface area contributed by atoms with Gasteiger partial charge in [0.05, 0.1) is 22.6 Å². The number of aromatic nitrogens is 4. The number of rotatable bonds is 5. The molecule has 2 aromatic heterocycles. The third-order valence-corrected chi connectivity index (χ3v) is 5.28. The van der Waals surface area contributed by atoms with Gasteiger partial charge in [0, 0.05) is 5.56 Å². The number of nitrogens with zero attached hydrogens (tertiary/aromatic N) is 4.